The van der Waals surface area contributed by atoms with Crippen LogP contribution in [0.3, 0.4) is 0 Å². The highest BCUT2D eigenvalue weighted by atomic mass is 79.9. The van der Waals surface area contributed by atoms with Gasteiger partial charge in [-0.3, -0.25) is 9.59 Å². The molecule has 1 amide bonds. The minimum atomic E-state index is -0.854. The Morgan fingerprint density at radius 1 is 1.36 bits per heavy atom. The molecule has 7 heteroatoms. The van der Waals surface area contributed by atoms with Crippen LogP contribution in [-0.2, 0) is 4.79 Å². The summed E-state index contributed by atoms with van der Waals surface area (Å²) in [4.78, 5) is 23.1. The van der Waals surface area contributed by atoms with Gasteiger partial charge in [0.05, 0.1) is 11.1 Å². The Balaban J connectivity index is 1.68. The molecule has 1 aromatic heterocycles. The number of rotatable bonds is 5. The van der Waals surface area contributed by atoms with Crippen LogP contribution in [0.1, 0.15) is 23.3 Å². The first-order valence-electron chi connectivity index (χ1n) is 6.83. The number of carboxylic acid groups (broad SMARTS) is 1. The van der Waals surface area contributed by atoms with E-state index < -0.39 is 11.4 Å². The zero-order chi connectivity index (χ0) is 15.7. The van der Waals surface area contributed by atoms with Gasteiger partial charge in [-0.25, -0.2) is 4.68 Å². The number of benzene rings is 1. The molecule has 0 bridgehead atoms. The topological polar surface area (TPSA) is 84.2 Å². The Bertz CT molecular complexity index is 737. The van der Waals surface area contributed by atoms with E-state index in [0.717, 1.165) is 10.2 Å². The van der Waals surface area contributed by atoms with Crippen LogP contribution in [0.5, 0.6) is 0 Å². The van der Waals surface area contributed by atoms with E-state index in [2.05, 4.69) is 26.3 Å². The Kier molecular flexibility index (Phi) is 3.74. The molecule has 1 saturated carbocycles. The highest BCUT2D eigenvalue weighted by molar-refractivity contribution is 9.10. The summed E-state index contributed by atoms with van der Waals surface area (Å²) in [5.41, 5.74) is 0.321. The average Bonchev–Trinajstić information content (AvgIpc) is 3.13. The molecule has 0 unspecified atom stereocenters. The SMILES string of the molecule is O=C(NCC1(C(=O)O)CC1)c1ccn(-c2cccc(Br)c2)n1. The fourth-order valence-electron chi connectivity index (χ4n) is 2.16. The Morgan fingerprint density at radius 2 is 2.14 bits per heavy atom. The number of nitrogens with one attached hydrogen (secondary N) is 1. The van der Waals surface area contributed by atoms with Crippen molar-refractivity contribution in [3.05, 3.63) is 46.7 Å². The van der Waals surface area contributed by atoms with Gasteiger partial charge in [-0.1, -0.05) is 22.0 Å². The van der Waals surface area contributed by atoms with E-state index in [-0.39, 0.29) is 18.1 Å². The lowest BCUT2D eigenvalue weighted by Crippen LogP contribution is -2.34. The number of hydrogen-bond acceptors (Lipinski definition) is 3. The van der Waals surface area contributed by atoms with E-state index in [4.69, 9.17) is 5.11 Å². The summed E-state index contributed by atoms with van der Waals surface area (Å²) in [5.74, 6) is -1.21. The number of aliphatic carboxylic acids is 1. The third-order valence-electron chi connectivity index (χ3n) is 3.79. The lowest BCUT2D eigenvalue weighted by Gasteiger charge is -2.09. The van der Waals surface area contributed by atoms with Gasteiger partial charge in [0.2, 0.25) is 0 Å². The molecule has 1 aromatic carbocycles. The van der Waals surface area contributed by atoms with E-state index in [0.29, 0.717) is 12.8 Å². The van der Waals surface area contributed by atoms with Crippen molar-refractivity contribution in [3.63, 3.8) is 0 Å². The minimum absolute atomic E-state index is 0.144. The normalized spacial score (nSPS) is 15.3. The summed E-state index contributed by atoms with van der Waals surface area (Å²) in [6.07, 6.45) is 2.91. The molecule has 1 fully saturated rings. The summed E-state index contributed by atoms with van der Waals surface area (Å²) in [6.45, 7) is 0.144. The smallest absolute Gasteiger partial charge is 0.311 e. The highest BCUT2D eigenvalue weighted by Crippen LogP contribution is 2.45. The van der Waals surface area contributed by atoms with Crippen LogP contribution < -0.4 is 5.32 Å². The summed E-state index contributed by atoms with van der Waals surface area (Å²) in [6, 6.07) is 9.16. The van der Waals surface area contributed by atoms with E-state index in [1.54, 1.807) is 16.9 Å². The van der Waals surface area contributed by atoms with Crippen molar-refractivity contribution in [1.82, 2.24) is 15.1 Å². The molecule has 1 aliphatic rings. The Morgan fingerprint density at radius 3 is 2.77 bits per heavy atom. The second kappa shape index (κ2) is 5.57. The van der Waals surface area contributed by atoms with Gasteiger partial charge in [-0.2, -0.15) is 5.10 Å². The number of nitrogens with zero attached hydrogens (tertiary/aromatic N) is 2. The number of halogens is 1. The van der Waals surface area contributed by atoms with Crippen molar-refractivity contribution in [2.75, 3.05) is 6.54 Å². The van der Waals surface area contributed by atoms with Crippen LogP contribution in [0.4, 0.5) is 0 Å². The van der Waals surface area contributed by atoms with E-state index >= 15 is 0 Å². The molecule has 0 saturated heterocycles. The lowest BCUT2D eigenvalue weighted by molar-refractivity contribution is -0.143. The Hall–Kier alpha value is -2.15. The number of amides is 1. The first-order valence-corrected chi connectivity index (χ1v) is 7.63. The molecule has 0 atom stereocenters. The van der Waals surface area contributed by atoms with Crippen molar-refractivity contribution in [3.8, 4) is 5.69 Å². The predicted molar refractivity (Wildman–Crippen MR) is 82.9 cm³/mol. The second-order valence-electron chi connectivity index (χ2n) is 5.39. The highest BCUT2D eigenvalue weighted by Gasteiger charge is 2.50. The monoisotopic (exact) mass is 363 g/mol. The van der Waals surface area contributed by atoms with Gasteiger partial charge in [0, 0.05) is 17.2 Å². The maximum Gasteiger partial charge on any atom is 0.311 e. The number of aromatic nitrogens is 2. The van der Waals surface area contributed by atoms with Crippen LogP contribution in [0.2, 0.25) is 0 Å². The van der Waals surface area contributed by atoms with Gasteiger partial charge in [-0.05, 0) is 37.1 Å². The van der Waals surface area contributed by atoms with Gasteiger partial charge in [0.15, 0.2) is 5.69 Å². The van der Waals surface area contributed by atoms with Gasteiger partial charge < -0.3 is 10.4 Å². The maximum atomic E-state index is 12.1. The molecule has 0 aliphatic heterocycles. The number of carbonyl (C=O) groups excluding carboxylic acids is 1. The molecule has 114 valence electrons. The standard InChI is InChI=1S/C15H14BrN3O3/c16-10-2-1-3-11(8-10)19-7-4-12(18-19)13(20)17-9-15(5-6-15)14(21)22/h1-4,7-8H,5-6,9H2,(H,17,20)(H,21,22). The molecule has 0 spiro atoms. The quantitative estimate of drug-likeness (QED) is 0.852. The second-order valence-corrected chi connectivity index (χ2v) is 6.31. The summed E-state index contributed by atoms with van der Waals surface area (Å²) < 4.78 is 2.52. The molecule has 1 aliphatic carbocycles. The van der Waals surface area contributed by atoms with E-state index in [1.165, 1.54) is 0 Å². The van der Waals surface area contributed by atoms with Crippen LogP contribution in [0.15, 0.2) is 41.0 Å². The van der Waals surface area contributed by atoms with Gasteiger partial charge in [0.25, 0.3) is 5.91 Å². The molecule has 1 heterocycles. The van der Waals surface area contributed by atoms with Crippen molar-refractivity contribution >= 4 is 27.8 Å². The largest absolute Gasteiger partial charge is 0.481 e. The van der Waals surface area contributed by atoms with Crippen LogP contribution in [-0.4, -0.2) is 33.3 Å². The molecule has 3 rings (SSSR count). The number of hydrogen-bond donors (Lipinski definition) is 2. The van der Waals surface area contributed by atoms with Crippen molar-refractivity contribution in [2.24, 2.45) is 5.41 Å². The van der Waals surface area contributed by atoms with Crippen molar-refractivity contribution < 1.29 is 14.7 Å². The molecule has 6 nitrogen and oxygen atoms in total. The summed E-state index contributed by atoms with van der Waals surface area (Å²) in [7, 11) is 0. The van der Waals surface area contributed by atoms with Gasteiger partial charge in [0.1, 0.15) is 0 Å². The first kappa shape index (κ1) is 14.8. The fourth-order valence-corrected chi connectivity index (χ4v) is 2.55. The molecule has 0 radical (unpaired) electrons. The summed E-state index contributed by atoms with van der Waals surface area (Å²) in [5, 5.41) is 16.0. The first-order chi connectivity index (χ1) is 10.5. The third-order valence-corrected chi connectivity index (χ3v) is 4.28. The van der Waals surface area contributed by atoms with Crippen LogP contribution in [0, 0.1) is 5.41 Å². The average molecular weight is 364 g/mol. The fraction of sp³-hybridized carbons (Fsp3) is 0.267. The summed E-state index contributed by atoms with van der Waals surface area (Å²) >= 11 is 3.39. The number of carbonyl (C=O) groups is 2. The molecular weight excluding hydrogens is 350 g/mol. The van der Waals surface area contributed by atoms with Gasteiger partial charge >= 0.3 is 5.97 Å². The molecule has 2 N–H and O–H groups in total. The zero-order valence-electron chi connectivity index (χ0n) is 11.6. The molecular formula is C15H14BrN3O3. The van der Waals surface area contributed by atoms with Crippen molar-refractivity contribution in [1.29, 1.82) is 0 Å². The lowest BCUT2D eigenvalue weighted by atomic mass is 10.1. The van der Waals surface area contributed by atoms with Gasteiger partial charge in [-0.15, -0.1) is 0 Å². The van der Waals surface area contributed by atoms with Crippen molar-refractivity contribution in [2.45, 2.75) is 12.8 Å². The maximum absolute atomic E-state index is 12.1. The van der Waals surface area contributed by atoms with E-state index in [1.807, 2.05) is 24.3 Å². The minimum Gasteiger partial charge on any atom is -0.481 e. The van der Waals surface area contributed by atoms with Crippen LogP contribution >= 0.6 is 15.9 Å². The molecule has 22 heavy (non-hydrogen) atoms. The van der Waals surface area contributed by atoms with E-state index in [9.17, 15) is 9.59 Å². The Labute approximate surface area is 135 Å². The third kappa shape index (κ3) is 2.89. The predicted octanol–water partition coefficient (Wildman–Crippen LogP) is 2.23. The van der Waals surface area contributed by atoms with Crippen LogP contribution in [0.25, 0.3) is 5.69 Å². The number of carboxylic acids is 1. The zero-order valence-corrected chi connectivity index (χ0v) is 13.2. The molecule has 2 aromatic rings.